The monoisotopic (exact) mass is 330 g/mol. The standard InChI is InChI=1S/C19H26N2O3/c1-20-14-19(8-10-21(11-9-19)13-17(22)24-2)12-16(18(20)23)15-6-4-3-5-7-15/h3-7,16H,8-14H2,1-2H3/t16-/m0/s1. The lowest BCUT2D eigenvalue weighted by molar-refractivity contribution is -0.143. The molecular formula is C19H26N2O3. The highest BCUT2D eigenvalue weighted by Gasteiger charge is 2.45. The van der Waals surface area contributed by atoms with Crippen molar-refractivity contribution in [2.24, 2.45) is 5.41 Å². The molecule has 0 bridgehead atoms. The topological polar surface area (TPSA) is 49.9 Å². The zero-order chi connectivity index (χ0) is 17.2. The molecule has 5 heteroatoms. The number of likely N-dealkylation sites (N-methyl/N-ethyl adjacent to an activating group) is 1. The maximum absolute atomic E-state index is 12.7. The first kappa shape index (κ1) is 17.0. The maximum Gasteiger partial charge on any atom is 0.319 e. The molecule has 0 N–H and O–H groups in total. The van der Waals surface area contributed by atoms with Crippen molar-refractivity contribution in [1.29, 1.82) is 0 Å². The van der Waals surface area contributed by atoms with Crippen LogP contribution >= 0.6 is 0 Å². The van der Waals surface area contributed by atoms with Gasteiger partial charge in [0.25, 0.3) is 0 Å². The van der Waals surface area contributed by atoms with Crippen LogP contribution < -0.4 is 0 Å². The predicted octanol–water partition coefficient (Wildman–Crippen LogP) is 1.89. The number of benzene rings is 1. The van der Waals surface area contributed by atoms with Crippen LogP contribution in [0.4, 0.5) is 0 Å². The second kappa shape index (κ2) is 6.93. The number of piperidine rings is 2. The molecule has 2 aliphatic rings. The number of carbonyl (C=O) groups is 2. The van der Waals surface area contributed by atoms with Crippen molar-refractivity contribution >= 4 is 11.9 Å². The lowest BCUT2D eigenvalue weighted by Crippen LogP contribution is -2.53. The van der Waals surface area contributed by atoms with E-state index in [0.717, 1.165) is 44.5 Å². The molecule has 24 heavy (non-hydrogen) atoms. The van der Waals surface area contributed by atoms with Crippen LogP contribution in [-0.4, -0.2) is 62.0 Å². The molecule has 0 radical (unpaired) electrons. The third-order valence-corrected chi connectivity index (χ3v) is 5.58. The van der Waals surface area contributed by atoms with Crippen molar-refractivity contribution in [2.45, 2.75) is 25.2 Å². The smallest absolute Gasteiger partial charge is 0.319 e. The Bertz CT molecular complexity index is 594. The van der Waals surface area contributed by atoms with E-state index in [1.165, 1.54) is 7.11 Å². The van der Waals surface area contributed by atoms with Crippen LogP contribution in [0.1, 0.15) is 30.7 Å². The van der Waals surface area contributed by atoms with E-state index in [1.54, 1.807) is 0 Å². The number of esters is 1. The molecule has 1 aromatic rings. The van der Waals surface area contributed by atoms with Crippen molar-refractivity contribution in [3.63, 3.8) is 0 Å². The first-order chi connectivity index (χ1) is 11.5. The molecule has 0 aromatic heterocycles. The van der Waals surface area contributed by atoms with Gasteiger partial charge in [0.2, 0.25) is 5.91 Å². The van der Waals surface area contributed by atoms with Gasteiger partial charge in [-0.3, -0.25) is 14.5 Å². The molecular weight excluding hydrogens is 304 g/mol. The molecule has 1 spiro atoms. The van der Waals surface area contributed by atoms with E-state index < -0.39 is 0 Å². The number of hydrogen-bond acceptors (Lipinski definition) is 4. The van der Waals surface area contributed by atoms with Gasteiger partial charge in [-0.25, -0.2) is 0 Å². The summed E-state index contributed by atoms with van der Waals surface area (Å²) in [5.41, 5.74) is 1.28. The van der Waals surface area contributed by atoms with Crippen molar-refractivity contribution in [3.05, 3.63) is 35.9 Å². The Labute approximate surface area is 143 Å². The maximum atomic E-state index is 12.7. The largest absolute Gasteiger partial charge is 0.468 e. The summed E-state index contributed by atoms with van der Waals surface area (Å²) in [5, 5.41) is 0. The van der Waals surface area contributed by atoms with Gasteiger partial charge >= 0.3 is 5.97 Å². The third-order valence-electron chi connectivity index (χ3n) is 5.58. The fraction of sp³-hybridized carbons (Fsp3) is 0.579. The molecule has 3 rings (SSSR count). The van der Waals surface area contributed by atoms with Gasteiger partial charge in [-0.2, -0.15) is 0 Å². The van der Waals surface area contributed by atoms with Gasteiger partial charge < -0.3 is 9.64 Å². The molecule has 2 aliphatic heterocycles. The van der Waals surface area contributed by atoms with Crippen LogP contribution in [0.5, 0.6) is 0 Å². The van der Waals surface area contributed by atoms with Crippen LogP contribution in [-0.2, 0) is 14.3 Å². The van der Waals surface area contributed by atoms with Gasteiger partial charge in [-0.15, -0.1) is 0 Å². The first-order valence-electron chi connectivity index (χ1n) is 8.62. The molecule has 2 saturated heterocycles. The van der Waals surface area contributed by atoms with Crippen LogP contribution in [0.2, 0.25) is 0 Å². The van der Waals surface area contributed by atoms with Crippen molar-refractivity contribution in [3.8, 4) is 0 Å². The number of hydrogen-bond donors (Lipinski definition) is 0. The fourth-order valence-electron chi connectivity index (χ4n) is 4.17. The summed E-state index contributed by atoms with van der Waals surface area (Å²) in [6.45, 7) is 2.96. The average Bonchev–Trinajstić information content (AvgIpc) is 2.61. The minimum Gasteiger partial charge on any atom is -0.468 e. The Morgan fingerprint density at radius 2 is 1.92 bits per heavy atom. The lowest BCUT2D eigenvalue weighted by Gasteiger charge is -2.49. The molecule has 0 saturated carbocycles. The molecule has 5 nitrogen and oxygen atoms in total. The average molecular weight is 330 g/mol. The van der Waals surface area contributed by atoms with Crippen LogP contribution in [0, 0.1) is 5.41 Å². The zero-order valence-corrected chi connectivity index (χ0v) is 14.5. The quantitative estimate of drug-likeness (QED) is 0.794. The number of likely N-dealkylation sites (tertiary alicyclic amines) is 2. The number of ether oxygens (including phenoxy) is 1. The van der Waals surface area contributed by atoms with E-state index in [0.29, 0.717) is 6.54 Å². The molecule has 1 aromatic carbocycles. The molecule has 2 fully saturated rings. The highest BCUT2D eigenvalue weighted by molar-refractivity contribution is 5.84. The van der Waals surface area contributed by atoms with Gasteiger partial charge in [0.15, 0.2) is 0 Å². The summed E-state index contributed by atoms with van der Waals surface area (Å²) in [5.74, 6) is 0.00461. The van der Waals surface area contributed by atoms with Gasteiger partial charge in [0, 0.05) is 13.6 Å². The molecule has 1 amide bonds. The van der Waals surface area contributed by atoms with Gasteiger partial charge in [0.1, 0.15) is 0 Å². The minimum atomic E-state index is -0.177. The first-order valence-corrected chi connectivity index (χ1v) is 8.62. The second-order valence-electron chi connectivity index (χ2n) is 7.21. The van der Waals surface area contributed by atoms with Gasteiger partial charge in [-0.05, 0) is 43.3 Å². The third kappa shape index (κ3) is 3.46. The zero-order valence-electron chi connectivity index (χ0n) is 14.5. The molecule has 130 valence electrons. The Hall–Kier alpha value is -1.88. The van der Waals surface area contributed by atoms with E-state index >= 15 is 0 Å². The molecule has 2 heterocycles. The van der Waals surface area contributed by atoms with Crippen molar-refractivity contribution < 1.29 is 14.3 Å². The summed E-state index contributed by atoms with van der Waals surface area (Å²) in [4.78, 5) is 28.2. The molecule has 0 aliphatic carbocycles. The molecule has 1 atom stereocenters. The second-order valence-corrected chi connectivity index (χ2v) is 7.21. The summed E-state index contributed by atoms with van der Waals surface area (Å²) in [6.07, 6.45) is 2.95. The summed E-state index contributed by atoms with van der Waals surface area (Å²) < 4.78 is 4.76. The molecule has 0 unspecified atom stereocenters. The van der Waals surface area contributed by atoms with Crippen LogP contribution in [0.25, 0.3) is 0 Å². The highest BCUT2D eigenvalue weighted by atomic mass is 16.5. The Morgan fingerprint density at radius 3 is 2.54 bits per heavy atom. The van der Waals surface area contributed by atoms with Crippen molar-refractivity contribution in [1.82, 2.24) is 9.80 Å². The van der Waals surface area contributed by atoms with Crippen molar-refractivity contribution in [2.75, 3.05) is 40.3 Å². The van der Waals surface area contributed by atoms with E-state index in [2.05, 4.69) is 17.0 Å². The fourth-order valence-corrected chi connectivity index (χ4v) is 4.17. The summed E-state index contributed by atoms with van der Waals surface area (Å²) in [7, 11) is 3.35. The SMILES string of the molecule is COC(=O)CN1CCC2(CC1)C[C@@H](c1ccccc1)C(=O)N(C)C2. The van der Waals surface area contributed by atoms with Crippen LogP contribution in [0.15, 0.2) is 30.3 Å². The van der Waals surface area contributed by atoms with Gasteiger partial charge in [-0.1, -0.05) is 30.3 Å². The Kier molecular flexibility index (Phi) is 4.90. The van der Waals surface area contributed by atoms with E-state index in [-0.39, 0.29) is 23.2 Å². The normalized spacial score (nSPS) is 24.2. The van der Waals surface area contributed by atoms with E-state index in [9.17, 15) is 9.59 Å². The minimum absolute atomic E-state index is 0.0443. The Morgan fingerprint density at radius 1 is 1.25 bits per heavy atom. The summed E-state index contributed by atoms with van der Waals surface area (Å²) >= 11 is 0. The number of nitrogens with zero attached hydrogens (tertiary/aromatic N) is 2. The van der Waals surface area contributed by atoms with Gasteiger partial charge in [0.05, 0.1) is 19.6 Å². The number of amides is 1. The predicted molar refractivity (Wildman–Crippen MR) is 91.6 cm³/mol. The van der Waals surface area contributed by atoms with E-state index in [4.69, 9.17) is 4.74 Å². The Balaban J connectivity index is 1.70. The van der Waals surface area contributed by atoms with E-state index in [1.807, 2.05) is 30.1 Å². The van der Waals surface area contributed by atoms with Crippen LogP contribution in [0.3, 0.4) is 0 Å². The number of methoxy groups -OCH3 is 1. The number of carbonyl (C=O) groups excluding carboxylic acids is 2. The number of rotatable bonds is 3. The lowest BCUT2D eigenvalue weighted by atomic mass is 9.68. The summed E-state index contributed by atoms with van der Waals surface area (Å²) in [6, 6.07) is 10.1. The highest BCUT2D eigenvalue weighted by Crippen LogP contribution is 2.45.